The Balaban J connectivity index is 1.42. The maximum absolute atomic E-state index is 12.4. The summed E-state index contributed by atoms with van der Waals surface area (Å²) in [6.45, 7) is 4.62. The smallest absolute Gasteiger partial charge is 0.236 e. The summed E-state index contributed by atoms with van der Waals surface area (Å²) in [5.74, 6) is 0.946. The molecule has 0 aliphatic heterocycles. The first-order valence-corrected chi connectivity index (χ1v) is 11.0. The van der Waals surface area contributed by atoms with Gasteiger partial charge in [0, 0.05) is 12.4 Å². The van der Waals surface area contributed by atoms with Crippen molar-refractivity contribution in [3.05, 3.63) is 60.4 Å². The summed E-state index contributed by atoms with van der Waals surface area (Å²) in [4.78, 5) is 21.3. The van der Waals surface area contributed by atoms with Gasteiger partial charge in [-0.05, 0) is 43.7 Å². The van der Waals surface area contributed by atoms with Crippen molar-refractivity contribution in [1.82, 2.24) is 14.5 Å². The molecule has 0 bridgehead atoms. The molecule has 148 valence electrons. The van der Waals surface area contributed by atoms with Gasteiger partial charge in [-0.25, -0.2) is 9.97 Å². The third-order valence-electron chi connectivity index (χ3n) is 4.23. The fourth-order valence-corrected chi connectivity index (χ4v) is 4.59. The minimum Gasteiger partial charge on any atom is -0.494 e. The van der Waals surface area contributed by atoms with E-state index in [2.05, 4.69) is 28.3 Å². The number of ether oxygens (including phenoxy) is 1. The number of anilines is 1. The van der Waals surface area contributed by atoms with Crippen LogP contribution in [0.4, 0.5) is 5.13 Å². The molecule has 0 radical (unpaired) electrons. The third-order valence-corrected chi connectivity index (χ3v) is 6.13. The van der Waals surface area contributed by atoms with Gasteiger partial charge in [0.15, 0.2) is 10.3 Å². The lowest BCUT2D eigenvalue weighted by Crippen LogP contribution is -2.14. The van der Waals surface area contributed by atoms with E-state index < -0.39 is 0 Å². The van der Waals surface area contributed by atoms with Crippen LogP contribution in [0.5, 0.6) is 5.75 Å². The number of nitrogens with zero attached hydrogens (tertiary/aromatic N) is 3. The van der Waals surface area contributed by atoms with Gasteiger partial charge in [0.25, 0.3) is 0 Å². The quantitative estimate of drug-likeness (QED) is 0.427. The van der Waals surface area contributed by atoms with Crippen LogP contribution in [0.3, 0.4) is 0 Å². The highest BCUT2D eigenvalue weighted by Gasteiger charge is 2.12. The number of thiazole rings is 1. The first-order valence-electron chi connectivity index (χ1n) is 9.19. The Bertz CT molecular complexity index is 1150. The molecule has 0 spiro atoms. The number of nitrogens with one attached hydrogen (secondary N) is 1. The van der Waals surface area contributed by atoms with Crippen LogP contribution in [0, 0.1) is 6.92 Å². The van der Waals surface area contributed by atoms with Crippen molar-refractivity contribution in [2.45, 2.75) is 19.0 Å². The molecule has 6 nitrogen and oxygen atoms in total. The summed E-state index contributed by atoms with van der Waals surface area (Å²) < 4.78 is 8.50. The average molecular weight is 425 g/mol. The normalized spacial score (nSPS) is 11.0. The summed E-state index contributed by atoms with van der Waals surface area (Å²) in [7, 11) is 0. The second-order valence-electron chi connectivity index (χ2n) is 6.28. The number of para-hydroxylation sites is 1. The van der Waals surface area contributed by atoms with E-state index in [1.807, 2.05) is 54.1 Å². The maximum atomic E-state index is 12.4. The highest BCUT2D eigenvalue weighted by molar-refractivity contribution is 7.99. The molecule has 4 aromatic rings. The van der Waals surface area contributed by atoms with E-state index in [-0.39, 0.29) is 11.7 Å². The van der Waals surface area contributed by atoms with Crippen LogP contribution in [0.2, 0.25) is 0 Å². The zero-order valence-corrected chi connectivity index (χ0v) is 17.7. The number of carbonyl (C=O) groups is 1. The van der Waals surface area contributed by atoms with Gasteiger partial charge in [-0.3, -0.25) is 9.36 Å². The van der Waals surface area contributed by atoms with Crippen LogP contribution in [-0.2, 0) is 4.79 Å². The van der Waals surface area contributed by atoms with Gasteiger partial charge >= 0.3 is 0 Å². The minimum atomic E-state index is -0.113. The second-order valence-corrected chi connectivity index (χ2v) is 8.26. The molecule has 0 aliphatic carbocycles. The van der Waals surface area contributed by atoms with Crippen molar-refractivity contribution in [1.29, 1.82) is 0 Å². The molecule has 0 atom stereocenters. The minimum absolute atomic E-state index is 0.113. The summed E-state index contributed by atoms with van der Waals surface area (Å²) in [6.07, 6.45) is 3.66. The lowest BCUT2D eigenvalue weighted by Gasteiger charge is -2.10. The second kappa shape index (κ2) is 8.67. The summed E-state index contributed by atoms with van der Waals surface area (Å²) >= 11 is 2.83. The molecule has 1 amide bonds. The molecule has 0 fully saturated rings. The molecule has 8 heteroatoms. The Morgan fingerprint density at radius 2 is 2.14 bits per heavy atom. The Hall–Kier alpha value is -2.84. The SMILES string of the molecule is CCOc1ccc2nc(NC(=O)CSc3nccn3-c3ccccc3C)sc2c1. The summed E-state index contributed by atoms with van der Waals surface area (Å²) in [5.41, 5.74) is 3.05. The molecule has 2 aromatic carbocycles. The standard InChI is InChI=1S/C21H20N4O2S2/c1-3-27-15-8-9-16-18(12-15)29-20(23-16)24-19(26)13-28-21-22-10-11-25(21)17-7-5-4-6-14(17)2/h4-12H,3,13H2,1-2H3,(H,23,24,26). The monoisotopic (exact) mass is 424 g/mol. The van der Waals surface area contributed by atoms with Gasteiger partial charge < -0.3 is 10.1 Å². The van der Waals surface area contributed by atoms with E-state index in [1.165, 1.54) is 23.1 Å². The molecule has 1 N–H and O–H groups in total. The molecule has 2 aromatic heterocycles. The molecule has 0 saturated heterocycles. The molecule has 29 heavy (non-hydrogen) atoms. The van der Waals surface area contributed by atoms with E-state index in [4.69, 9.17) is 4.74 Å². The summed E-state index contributed by atoms with van der Waals surface area (Å²) in [5, 5.41) is 4.25. The van der Waals surface area contributed by atoms with Crippen molar-refractivity contribution < 1.29 is 9.53 Å². The number of aryl methyl sites for hydroxylation is 1. The topological polar surface area (TPSA) is 69.0 Å². The Morgan fingerprint density at radius 3 is 2.97 bits per heavy atom. The molecular formula is C21H20N4O2S2. The average Bonchev–Trinajstić information content (AvgIpc) is 3.33. The van der Waals surface area contributed by atoms with Crippen LogP contribution < -0.4 is 10.1 Å². The van der Waals surface area contributed by atoms with Gasteiger partial charge in [-0.1, -0.05) is 41.3 Å². The van der Waals surface area contributed by atoms with Gasteiger partial charge in [0.2, 0.25) is 5.91 Å². The van der Waals surface area contributed by atoms with Crippen molar-refractivity contribution in [3.8, 4) is 11.4 Å². The van der Waals surface area contributed by atoms with Gasteiger partial charge in [0.1, 0.15) is 5.75 Å². The fourth-order valence-electron chi connectivity index (χ4n) is 2.91. The molecule has 0 aliphatic rings. The molecule has 4 rings (SSSR count). The van der Waals surface area contributed by atoms with Crippen molar-refractivity contribution in [2.75, 3.05) is 17.7 Å². The van der Waals surface area contributed by atoms with Crippen LogP contribution in [-0.4, -0.2) is 32.8 Å². The Morgan fingerprint density at radius 1 is 1.28 bits per heavy atom. The van der Waals surface area contributed by atoms with Crippen LogP contribution in [0.15, 0.2) is 60.0 Å². The summed E-state index contributed by atoms with van der Waals surface area (Å²) in [6, 6.07) is 13.8. The Labute approximate surface area is 176 Å². The van der Waals surface area contributed by atoms with E-state index in [1.54, 1.807) is 6.20 Å². The largest absolute Gasteiger partial charge is 0.494 e. The predicted molar refractivity (Wildman–Crippen MR) is 118 cm³/mol. The van der Waals surface area contributed by atoms with E-state index >= 15 is 0 Å². The first-order chi connectivity index (χ1) is 14.1. The van der Waals surface area contributed by atoms with Crippen molar-refractivity contribution in [3.63, 3.8) is 0 Å². The highest BCUT2D eigenvalue weighted by atomic mass is 32.2. The highest BCUT2D eigenvalue weighted by Crippen LogP contribution is 2.29. The number of aromatic nitrogens is 3. The zero-order chi connectivity index (χ0) is 20.2. The number of benzene rings is 2. The number of rotatable bonds is 7. The van der Waals surface area contributed by atoms with Crippen molar-refractivity contribution >= 4 is 44.4 Å². The predicted octanol–water partition coefficient (Wildman–Crippen LogP) is 4.92. The third kappa shape index (κ3) is 4.44. The Kier molecular flexibility index (Phi) is 5.82. The van der Waals surface area contributed by atoms with Crippen LogP contribution in [0.25, 0.3) is 15.9 Å². The number of carbonyl (C=O) groups excluding carboxylic acids is 1. The molecule has 0 unspecified atom stereocenters. The van der Waals surface area contributed by atoms with E-state index in [0.29, 0.717) is 11.7 Å². The lowest BCUT2D eigenvalue weighted by molar-refractivity contribution is -0.113. The zero-order valence-electron chi connectivity index (χ0n) is 16.1. The lowest BCUT2D eigenvalue weighted by atomic mass is 10.2. The van der Waals surface area contributed by atoms with E-state index in [0.717, 1.165) is 32.4 Å². The number of thioether (sulfide) groups is 1. The van der Waals surface area contributed by atoms with Crippen LogP contribution >= 0.6 is 23.1 Å². The molecule has 0 saturated carbocycles. The number of fused-ring (bicyclic) bond motifs is 1. The number of hydrogen-bond acceptors (Lipinski definition) is 6. The van der Waals surface area contributed by atoms with E-state index in [9.17, 15) is 4.79 Å². The number of hydrogen-bond donors (Lipinski definition) is 1. The van der Waals surface area contributed by atoms with Crippen molar-refractivity contribution in [2.24, 2.45) is 0 Å². The number of imidazole rings is 1. The fraction of sp³-hybridized carbons (Fsp3) is 0.190. The molecular weight excluding hydrogens is 404 g/mol. The van der Waals surface area contributed by atoms with Gasteiger partial charge in [-0.2, -0.15) is 0 Å². The number of amides is 1. The maximum Gasteiger partial charge on any atom is 0.236 e. The van der Waals surface area contributed by atoms with Gasteiger partial charge in [0.05, 0.1) is 28.3 Å². The van der Waals surface area contributed by atoms with Crippen LogP contribution in [0.1, 0.15) is 12.5 Å². The van der Waals surface area contributed by atoms with Gasteiger partial charge in [-0.15, -0.1) is 0 Å². The molecule has 2 heterocycles. The first kappa shape index (κ1) is 19.5.